The highest BCUT2D eigenvalue weighted by atomic mass is 16.5. The Morgan fingerprint density at radius 3 is 2.55 bits per heavy atom. The Hall–Kier alpha value is -4.80. The van der Waals surface area contributed by atoms with Crippen molar-refractivity contribution in [3.63, 3.8) is 0 Å². The van der Waals surface area contributed by atoms with Gasteiger partial charge in [-0.05, 0) is 69.9 Å². The Balaban J connectivity index is 1.25. The number of aromatic nitrogens is 5. The molecule has 1 saturated heterocycles. The lowest BCUT2D eigenvalue weighted by molar-refractivity contribution is -0.146. The number of ether oxygens (including phenoxy) is 2. The Bertz CT molecular complexity index is 1510. The monoisotopic (exact) mass is 569 g/mol. The normalized spacial score (nSPS) is 15.2. The van der Waals surface area contributed by atoms with Crippen molar-refractivity contribution < 1.29 is 19.4 Å². The van der Waals surface area contributed by atoms with E-state index < -0.39 is 11.4 Å². The third-order valence-corrected chi connectivity index (χ3v) is 7.01. The minimum atomic E-state index is -0.837. The number of hydrogen-bond donors (Lipinski definition) is 2. The summed E-state index contributed by atoms with van der Waals surface area (Å²) in [5, 5.41) is 12.5. The first-order valence-corrected chi connectivity index (χ1v) is 14.1. The molecule has 0 radical (unpaired) electrons. The molecule has 0 unspecified atom stereocenters. The van der Waals surface area contributed by atoms with Gasteiger partial charge in [0.2, 0.25) is 11.9 Å². The molecule has 3 aromatic heterocycles. The Morgan fingerprint density at radius 1 is 1.02 bits per heavy atom. The van der Waals surface area contributed by atoms with E-state index in [1.54, 1.807) is 32.4 Å². The molecule has 0 aliphatic carbocycles. The molecule has 0 bridgehead atoms. The van der Waals surface area contributed by atoms with Gasteiger partial charge in [0.25, 0.3) is 5.88 Å². The van der Waals surface area contributed by atoms with E-state index in [9.17, 15) is 9.90 Å². The van der Waals surface area contributed by atoms with E-state index in [1.165, 1.54) is 0 Å². The Labute approximate surface area is 245 Å². The molecule has 42 heavy (non-hydrogen) atoms. The molecule has 218 valence electrons. The fraction of sp³-hybridized carbons (Fsp3) is 0.355. The van der Waals surface area contributed by atoms with Crippen molar-refractivity contribution in [1.29, 1.82) is 0 Å². The summed E-state index contributed by atoms with van der Waals surface area (Å²) < 4.78 is 11.9. The number of hydrogen-bond acceptors (Lipinski definition) is 10. The van der Waals surface area contributed by atoms with Crippen LogP contribution in [0.4, 0.5) is 17.7 Å². The standard InChI is InChI=1S/C31H35N7O4/c1-4-41-25-8-5-15-32-27(25)42-23-7-6-18-38(20-23)26-14-17-34-30(36-26)37-29-33-16-13-24(35-29)22-11-9-21(10-12-22)19-31(2,3)28(39)40/h5,8-17,23H,4,6-7,18-20H2,1-3H3,(H,39,40)(H,33,34,35,36,37)/t23-/m1/s1. The maximum Gasteiger partial charge on any atom is 0.309 e. The molecule has 1 fully saturated rings. The highest BCUT2D eigenvalue weighted by Gasteiger charge is 2.27. The van der Waals surface area contributed by atoms with Crippen LogP contribution in [-0.4, -0.2) is 61.8 Å². The van der Waals surface area contributed by atoms with Crippen LogP contribution >= 0.6 is 0 Å². The molecular formula is C31H35N7O4. The zero-order valence-corrected chi connectivity index (χ0v) is 24.0. The molecule has 2 N–H and O–H groups in total. The average Bonchev–Trinajstić information content (AvgIpc) is 2.99. The number of nitrogens with zero attached hydrogens (tertiary/aromatic N) is 6. The van der Waals surface area contributed by atoms with Gasteiger partial charge < -0.3 is 19.5 Å². The van der Waals surface area contributed by atoms with Gasteiger partial charge in [-0.2, -0.15) is 4.98 Å². The second kappa shape index (κ2) is 12.8. The fourth-order valence-corrected chi connectivity index (χ4v) is 4.77. The number of pyridine rings is 1. The lowest BCUT2D eigenvalue weighted by Gasteiger charge is -2.33. The summed E-state index contributed by atoms with van der Waals surface area (Å²) in [7, 11) is 0. The summed E-state index contributed by atoms with van der Waals surface area (Å²) in [6.45, 7) is 7.43. The van der Waals surface area contributed by atoms with Crippen molar-refractivity contribution in [3.05, 3.63) is 72.7 Å². The third kappa shape index (κ3) is 7.09. The summed E-state index contributed by atoms with van der Waals surface area (Å²) in [6, 6.07) is 15.1. The number of benzene rings is 1. The number of anilines is 3. The predicted octanol–water partition coefficient (Wildman–Crippen LogP) is 5.17. The molecule has 0 saturated carbocycles. The molecular weight excluding hydrogens is 534 g/mol. The topological polar surface area (TPSA) is 135 Å². The van der Waals surface area contributed by atoms with Crippen LogP contribution in [0.15, 0.2) is 67.1 Å². The van der Waals surface area contributed by atoms with Gasteiger partial charge in [0.15, 0.2) is 5.75 Å². The predicted molar refractivity (Wildman–Crippen MR) is 159 cm³/mol. The van der Waals surface area contributed by atoms with Gasteiger partial charge in [0, 0.05) is 30.7 Å². The van der Waals surface area contributed by atoms with E-state index in [1.807, 2.05) is 55.5 Å². The SMILES string of the molecule is CCOc1cccnc1O[C@@H]1CCCN(c2ccnc(Nc3nccc(-c4ccc(CC(C)(C)C(=O)O)cc4)n3)n2)C1. The molecule has 11 heteroatoms. The first-order chi connectivity index (χ1) is 20.3. The molecule has 4 aromatic rings. The van der Waals surface area contributed by atoms with Crippen molar-refractivity contribution in [2.75, 3.05) is 29.9 Å². The number of carbonyl (C=O) groups is 1. The maximum atomic E-state index is 11.5. The molecule has 11 nitrogen and oxygen atoms in total. The number of carboxylic acid groups (broad SMARTS) is 1. The van der Waals surface area contributed by atoms with Gasteiger partial charge in [-0.25, -0.2) is 19.9 Å². The van der Waals surface area contributed by atoms with E-state index in [2.05, 4.69) is 30.2 Å². The third-order valence-electron chi connectivity index (χ3n) is 7.01. The van der Waals surface area contributed by atoms with Crippen LogP contribution in [0.25, 0.3) is 11.3 Å². The number of piperidine rings is 1. The molecule has 1 atom stereocenters. The number of nitrogens with one attached hydrogen (secondary N) is 1. The first kappa shape index (κ1) is 28.7. The van der Waals surface area contributed by atoms with E-state index in [0.29, 0.717) is 43.1 Å². The van der Waals surface area contributed by atoms with Crippen LogP contribution in [-0.2, 0) is 11.2 Å². The lowest BCUT2D eigenvalue weighted by Crippen LogP contribution is -2.41. The fourth-order valence-electron chi connectivity index (χ4n) is 4.77. The zero-order chi connectivity index (χ0) is 29.5. The summed E-state index contributed by atoms with van der Waals surface area (Å²) in [5.74, 6) is 1.88. The van der Waals surface area contributed by atoms with E-state index in [-0.39, 0.29) is 6.10 Å². The zero-order valence-electron chi connectivity index (χ0n) is 24.0. The van der Waals surface area contributed by atoms with Crippen LogP contribution < -0.4 is 19.7 Å². The van der Waals surface area contributed by atoms with Crippen molar-refractivity contribution >= 4 is 23.7 Å². The number of carboxylic acids is 1. The molecule has 5 rings (SSSR count). The minimum absolute atomic E-state index is 0.0548. The van der Waals surface area contributed by atoms with Crippen LogP contribution in [0.1, 0.15) is 39.2 Å². The second-order valence-electron chi connectivity index (χ2n) is 10.8. The molecule has 0 amide bonds. The van der Waals surface area contributed by atoms with Gasteiger partial charge in [0.1, 0.15) is 11.9 Å². The quantitative estimate of drug-likeness (QED) is 0.247. The first-order valence-electron chi connectivity index (χ1n) is 14.1. The van der Waals surface area contributed by atoms with Crippen molar-refractivity contribution in [2.24, 2.45) is 5.41 Å². The second-order valence-corrected chi connectivity index (χ2v) is 10.8. The van der Waals surface area contributed by atoms with Crippen molar-refractivity contribution in [1.82, 2.24) is 24.9 Å². The smallest absolute Gasteiger partial charge is 0.309 e. The summed E-state index contributed by atoms with van der Waals surface area (Å²) in [5.41, 5.74) is 1.73. The van der Waals surface area contributed by atoms with Gasteiger partial charge in [-0.1, -0.05) is 24.3 Å². The molecule has 4 heterocycles. The van der Waals surface area contributed by atoms with E-state index >= 15 is 0 Å². The van der Waals surface area contributed by atoms with Gasteiger partial charge >= 0.3 is 5.97 Å². The Morgan fingerprint density at radius 2 is 1.79 bits per heavy atom. The average molecular weight is 570 g/mol. The molecule has 1 aromatic carbocycles. The lowest BCUT2D eigenvalue weighted by atomic mass is 9.86. The Kier molecular flexibility index (Phi) is 8.75. The van der Waals surface area contributed by atoms with E-state index in [0.717, 1.165) is 42.0 Å². The van der Waals surface area contributed by atoms with Gasteiger partial charge in [-0.3, -0.25) is 10.1 Å². The summed E-state index contributed by atoms with van der Waals surface area (Å²) in [4.78, 5) is 36.1. The van der Waals surface area contributed by atoms with Gasteiger partial charge in [0.05, 0.1) is 24.3 Å². The number of rotatable bonds is 11. The summed E-state index contributed by atoms with van der Waals surface area (Å²) in [6.07, 6.45) is 7.34. The molecule has 0 spiro atoms. The molecule has 1 aliphatic heterocycles. The number of aliphatic carboxylic acids is 1. The van der Waals surface area contributed by atoms with Crippen LogP contribution in [0.3, 0.4) is 0 Å². The summed E-state index contributed by atoms with van der Waals surface area (Å²) >= 11 is 0. The van der Waals surface area contributed by atoms with E-state index in [4.69, 9.17) is 14.5 Å². The van der Waals surface area contributed by atoms with Crippen molar-refractivity contribution in [2.45, 2.75) is 46.1 Å². The highest BCUT2D eigenvalue weighted by molar-refractivity contribution is 5.74. The van der Waals surface area contributed by atoms with Crippen LogP contribution in [0.5, 0.6) is 11.6 Å². The van der Waals surface area contributed by atoms with Gasteiger partial charge in [-0.15, -0.1) is 0 Å². The maximum absolute atomic E-state index is 11.5. The van der Waals surface area contributed by atoms with Crippen LogP contribution in [0, 0.1) is 5.41 Å². The minimum Gasteiger partial charge on any atom is -0.488 e. The highest BCUT2D eigenvalue weighted by Crippen LogP contribution is 2.28. The van der Waals surface area contributed by atoms with Crippen molar-refractivity contribution in [3.8, 4) is 22.9 Å². The largest absolute Gasteiger partial charge is 0.488 e. The van der Waals surface area contributed by atoms with Crippen LogP contribution in [0.2, 0.25) is 0 Å². The molecule has 1 aliphatic rings.